The molecule has 0 saturated carbocycles. The number of benzene rings is 1. The Labute approximate surface area is 164 Å². The van der Waals surface area contributed by atoms with E-state index in [1.165, 1.54) is 18.9 Å². The Kier molecular flexibility index (Phi) is 7.60. The van der Waals surface area contributed by atoms with Crippen molar-refractivity contribution in [2.24, 2.45) is 4.99 Å². The van der Waals surface area contributed by atoms with Crippen LogP contribution in [0.15, 0.2) is 29.3 Å². The van der Waals surface area contributed by atoms with E-state index < -0.39 is 0 Å². The number of aliphatic imine (C=N–C) groups is 1. The molecule has 8 heteroatoms. The summed E-state index contributed by atoms with van der Waals surface area (Å²) >= 11 is 0. The third kappa shape index (κ3) is 5.38. The molecule has 0 aliphatic carbocycles. The highest BCUT2D eigenvalue weighted by atomic mass is 127. The monoisotopic (exact) mass is 458 g/mol. The zero-order chi connectivity index (χ0) is 16.8. The van der Waals surface area contributed by atoms with Gasteiger partial charge in [-0.3, -0.25) is 4.99 Å². The molecule has 1 aromatic carbocycles. The number of aryl methyl sites for hydroxylation is 1. The summed E-state index contributed by atoms with van der Waals surface area (Å²) in [4.78, 5) is 4.21. The van der Waals surface area contributed by atoms with E-state index in [1.807, 2.05) is 6.07 Å². The molecular weight excluding hydrogens is 434 g/mol. The van der Waals surface area contributed by atoms with E-state index >= 15 is 0 Å². The molecule has 0 fully saturated rings. The molecule has 3 rings (SSSR count). The zero-order valence-corrected chi connectivity index (χ0v) is 16.7. The average molecular weight is 458 g/mol. The van der Waals surface area contributed by atoms with Crippen LogP contribution in [0.5, 0.6) is 0 Å². The molecule has 0 saturated heterocycles. The lowest BCUT2D eigenvalue weighted by molar-refractivity contribution is 0.504. The van der Waals surface area contributed by atoms with Gasteiger partial charge in [-0.1, -0.05) is 12.1 Å². The van der Waals surface area contributed by atoms with Crippen LogP contribution in [-0.4, -0.2) is 34.3 Å². The standard InChI is InChI=1S/C17H23FN6.HI/c1-19-17(20-9-8-13-5-4-6-14(18)11-13)21-12-16-23-22-15-7-2-3-10-24(15)16;/h4-6,11H,2-3,7-10,12H2,1H3,(H2,19,20,21);1H. The van der Waals surface area contributed by atoms with E-state index in [0.717, 1.165) is 36.6 Å². The van der Waals surface area contributed by atoms with Crippen molar-refractivity contribution in [3.63, 3.8) is 0 Å². The van der Waals surface area contributed by atoms with Crippen molar-refractivity contribution in [3.05, 3.63) is 47.3 Å². The fourth-order valence-electron chi connectivity index (χ4n) is 2.90. The molecule has 0 atom stereocenters. The van der Waals surface area contributed by atoms with Crippen molar-refractivity contribution < 1.29 is 4.39 Å². The number of aromatic nitrogens is 3. The molecule has 6 nitrogen and oxygen atoms in total. The van der Waals surface area contributed by atoms with Crippen LogP contribution in [0, 0.1) is 5.82 Å². The third-order valence-electron chi connectivity index (χ3n) is 4.17. The van der Waals surface area contributed by atoms with Crippen LogP contribution in [0.2, 0.25) is 0 Å². The molecular formula is C17H24FIN6. The highest BCUT2D eigenvalue weighted by molar-refractivity contribution is 14.0. The van der Waals surface area contributed by atoms with Crippen LogP contribution in [0.1, 0.15) is 30.1 Å². The maximum atomic E-state index is 13.2. The summed E-state index contributed by atoms with van der Waals surface area (Å²) in [7, 11) is 1.73. The van der Waals surface area contributed by atoms with E-state index in [2.05, 4.69) is 30.4 Å². The first-order valence-corrected chi connectivity index (χ1v) is 8.36. The topological polar surface area (TPSA) is 67.1 Å². The number of halogens is 2. The van der Waals surface area contributed by atoms with Crippen LogP contribution in [0.25, 0.3) is 0 Å². The van der Waals surface area contributed by atoms with E-state index in [1.54, 1.807) is 19.2 Å². The molecule has 1 aliphatic heterocycles. The van der Waals surface area contributed by atoms with E-state index in [-0.39, 0.29) is 29.8 Å². The fraction of sp³-hybridized carbons (Fsp3) is 0.471. The van der Waals surface area contributed by atoms with Crippen LogP contribution in [0.4, 0.5) is 4.39 Å². The maximum Gasteiger partial charge on any atom is 0.191 e. The lowest BCUT2D eigenvalue weighted by Gasteiger charge is -2.16. The van der Waals surface area contributed by atoms with Gasteiger partial charge in [-0.15, -0.1) is 34.2 Å². The quantitative estimate of drug-likeness (QED) is 0.410. The highest BCUT2D eigenvalue weighted by Crippen LogP contribution is 2.13. The molecule has 0 spiro atoms. The van der Waals surface area contributed by atoms with Crippen molar-refractivity contribution in [2.45, 2.75) is 38.8 Å². The van der Waals surface area contributed by atoms with Crippen LogP contribution < -0.4 is 10.6 Å². The second-order valence-electron chi connectivity index (χ2n) is 5.87. The largest absolute Gasteiger partial charge is 0.356 e. The summed E-state index contributed by atoms with van der Waals surface area (Å²) < 4.78 is 15.4. The number of fused-ring (bicyclic) bond motifs is 1. The van der Waals surface area contributed by atoms with Crippen molar-refractivity contribution in [1.82, 2.24) is 25.4 Å². The number of guanidine groups is 1. The molecule has 0 bridgehead atoms. The van der Waals surface area contributed by atoms with Gasteiger partial charge in [0.05, 0.1) is 6.54 Å². The molecule has 2 N–H and O–H groups in total. The van der Waals surface area contributed by atoms with Gasteiger partial charge in [-0.05, 0) is 37.0 Å². The third-order valence-corrected chi connectivity index (χ3v) is 4.17. The maximum absolute atomic E-state index is 13.2. The molecule has 2 aromatic rings. The number of nitrogens with zero attached hydrogens (tertiary/aromatic N) is 4. The van der Waals surface area contributed by atoms with Gasteiger partial charge in [0.25, 0.3) is 0 Å². The summed E-state index contributed by atoms with van der Waals surface area (Å²) in [6.07, 6.45) is 4.11. The predicted molar refractivity (Wildman–Crippen MR) is 107 cm³/mol. The van der Waals surface area contributed by atoms with Gasteiger partial charge in [0.1, 0.15) is 11.6 Å². The average Bonchev–Trinajstić information content (AvgIpc) is 3.01. The van der Waals surface area contributed by atoms with E-state index in [9.17, 15) is 4.39 Å². The van der Waals surface area contributed by atoms with Crippen molar-refractivity contribution in [3.8, 4) is 0 Å². The minimum Gasteiger partial charge on any atom is -0.356 e. The second-order valence-corrected chi connectivity index (χ2v) is 5.87. The van der Waals surface area contributed by atoms with Gasteiger partial charge >= 0.3 is 0 Å². The van der Waals surface area contributed by atoms with Crippen molar-refractivity contribution in [1.29, 1.82) is 0 Å². The molecule has 25 heavy (non-hydrogen) atoms. The second kappa shape index (κ2) is 9.69. The highest BCUT2D eigenvalue weighted by Gasteiger charge is 2.15. The Morgan fingerprint density at radius 3 is 2.96 bits per heavy atom. The molecule has 0 amide bonds. The summed E-state index contributed by atoms with van der Waals surface area (Å²) in [5.74, 6) is 2.52. The van der Waals surface area contributed by atoms with Crippen molar-refractivity contribution in [2.75, 3.05) is 13.6 Å². The SMILES string of the molecule is CN=C(NCCc1cccc(F)c1)NCc1nnc2n1CCCC2.I. The summed E-state index contributed by atoms with van der Waals surface area (Å²) in [5, 5.41) is 15.0. The molecule has 0 unspecified atom stereocenters. The fourth-order valence-corrected chi connectivity index (χ4v) is 2.90. The first kappa shape index (κ1) is 19.6. The van der Waals surface area contributed by atoms with E-state index in [0.29, 0.717) is 19.0 Å². The van der Waals surface area contributed by atoms with Gasteiger partial charge < -0.3 is 15.2 Å². The first-order chi connectivity index (χ1) is 11.8. The van der Waals surface area contributed by atoms with Gasteiger partial charge in [-0.2, -0.15) is 0 Å². The lowest BCUT2D eigenvalue weighted by Crippen LogP contribution is -2.38. The number of nitrogens with one attached hydrogen (secondary N) is 2. The van der Waals surface area contributed by atoms with Crippen LogP contribution >= 0.6 is 24.0 Å². The first-order valence-electron chi connectivity index (χ1n) is 8.36. The Bertz CT molecular complexity index is 715. The number of hydrogen-bond donors (Lipinski definition) is 2. The predicted octanol–water partition coefficient (Wildman–Crippen LogP) is 2.28. The Morgan fingerprint density at radius 1 is 1.28 bits per heavy atom. The minimum absolute atomic E-state index is 0. The number of hydrogen-bond acceptors (Lipinski definition) is 3. The number of rotatable bonds is 5. The van der Waals surface area contributed by atoms with Gasteiger partial charge in [0.2, 0.25) is 0 Å². The molecule has 1 aliphatic rings. The molecule has 1 aromatic heterocycles. The Balaban J connectivity index is 0.00000225. The Hall–Kier alpha value is -1.71. The van der Waals surface area contributed by atoms with Gasteiger partial charge in [0, 0.05) is 26.6 Å². The van der Waals surface area contributed by atoms with Crippen LogP contribution in [-0.2, 0) is 25.9 Å². The summed E-state index contributed by atoms with van der Waals surface area (Å²) in [6, 6.07) is 6.66. The zero-order valence-electron chi connectivity index (χ0n) is 14.3. The summed E-state index contributed by atoms with van der Waals surface area (Å²) in [5.41, 5.74) is 0.962. The van der Waals surface area contributed by atoms with Gasteiger partial charge in [-0.25, -0.2) is 4.39 Å². The lowest BCUT2D eigenvalue weighted by atomic mass is 10.1. The Morgan fingerprint density at radius 2 is 2.16 bits per heavy atom. The normalized spacial score (nSPS) is 13.8. The minimum atomic E-state index is -0.202. The van der Waals surface area contributed by atoms with Crippen LogP contribution in [0.3, 0.4) is 0 Å². The summed E-state index contributed by atoms with van der Waals surface area (Å²) in [6.45, 7) is 2.26. The van der Waals surface area contributed by atoms with Gasteiger partial charge in [0.15, 0.2) is 11.8 Å². The molecule has 136 valence electrons. The molecule has 0 radical (unpaired) electrons. The molecule has 2 heterocycles. The smallest absolute Gasteiger partial charge is 0.191 e. The van der Waals surface area contributed by atoms with E-state index in [4.69, 9.17) is 0 Å². The van der Waals surface area contributed by atoms with Crippen molar-refractivity contribution >= 4 is 29.9 Å².